The van der Waals surface area contributed by atoms with Gasteiger partial charge in [0, 0.05) is 12.1 Å². The maximum atomic E-state index is 12.3. The average Bonchev–Trinajstić information content (AvgIpc) is 3.21. The lowest BCUT2D eigenvalue weighted by molar-refractivity contribution is -0.384. The summed E-state index contributed by atoms with van der Waals surface area (Å²) in [4.78, 5) is 22.6. The van der Waals surface area contributed by atoms with Crippen molar-refractivity contribution in [1.82, 2.24) is 20.2 Å². The fraction of sp³-hybridized carbons (Fsp3) is 0.263. The Balaban J connectivity index is 1.63. The molecule has 2 aromatic carbocycles. The molecule has 0 aliphatic rings. The van der Waals surface area contributed by atoms with Crippen LogP contribution in [0, 0.1) is 10.1 Å². The smallest absolute Gasteiger partial charge is 0.271 e. The normalized spacial score (nSPS) is 10.7. The number of aryl methyl sites for hydroxylation is 1. The van der Waals surface area contributed by atoms with Crippen LogP contribution < -0.4 is 5.32 Å². The first-order chi connectivity index (χ1) is 14.5. The third-order valence-electron chi connectivity index (χ3n) is 4.21. The van der Waals surface area contributed by atoms with Crippen LogP contribution in [-0.2, 0) is 11.2 Å². The molecular formula is C19H19ClN6O3S. The number of hydrogen-bond donors (Lipinski definition) is 1. The highest BCUT2D eigenvalue weighted by Crippen LogP contribution is 2.27. The molecule has 156 valence electrons. The van der Waals surface area contributed by atoms with E-state index in [2.05, 4.69) is 27.8 Å². The average molecular weight is 447 g/mol. The molecule has 0 radical (unpaired) electrons. The Bertz CT molecular complexity index is 1040. The maximum absolute atomic E-state index is 12.3. The van der Waals surface area contributed by atoms with Crippen molar-refractivity contribution in [3.8, 4) is 5.69 Å². The molecule has 3 aromatic rings. The molecule has 3 rings (SSSR count). The number of benzene rings is 2. The Morgan fingerprint density at radius 1 is 1.27 bits per heavy atom. The highest BCUT2D eigenvalue weighted by molar-refractivity contribution is 7.99. The van der Waals surface area contributed by atoms with Crippen molar-refractivity contribution in [3.05, 3.63) is 63.2 Å². The van der Waals surface area contributed by atoms with Crippen LogP contribution >= 0.6 is 23.4 Å². The molecule has 0 saturated heterocycles. The molecule has 0 fully saturated rings. The number of tetrazole rings is 1. The minimum atomic E-state index is -0.553. The van der Waals surface area contributed by atoms with Gasteiger partial charge in [-0.15, -0.1) is 5.10 Å². The van der Waals surface area contributed by atoms with Gasteiger partial charge < -0.3 is 5.32 Å². The zero-order chi connectivity index (χ0) is 21.5. The molecule has 0 aliphatic heterocycles. The van der Waals surface area contributed by atoms with Crippen LogP contribution in [-0.4, -0.2) is 36.8 Å². The predicted octanol–water partition coefficient (Wildman–Crippen LogP) is 4.30. The summed E-state index contributed by atoms with van der Waals surface area (Å²) in [5.41, 5.74) is 2.06. The van der Waals surface area contributed by atoms with E-state index in [1.54, 1.807) is 4.68 Å². The molecule has 0 spiro atoms. The van der Waals surface area contributed by atoms with Crippen LogP contribution in [0.15, 0.2) is 47.6 Å². The monoisotopic (exact) mass is 446 g/mol. The van der Waals surface area contributed by atoms with Gasteiger partial charge in [-0.1, -0.05) is 48.8 Å². The number of rotatable bonds is 9. The second-order valence-corrected chi connectivity index (χ2v) is 7.75. The van der Waals surface area contributed by atoms with E-state index in [-0.39, 0.29) is 28.1 Å². The number of nitro benzene ring substituents is 1. The lowest BCUT2D eigenvalue weighted by Crippen LogP contribution is -2.15. The number of hydrogen-bond acceptors (Lipinski definition) is 7. The largest absolute Gasteiger partial charge is 0.324 e. The number of carbonyl (C=O) groups is 1. The number of thioether (sulfide) groups is 1. The van der Waals surface area contributed by atoms with Crippen molar-refractivity contribution < 1.29 is 9.72 Å². The van der Waals surface area contributed by atoms with Gasteiger partial charge in [0.05, 0.1) is 27.1 Å². The third kappa shape index (κ3) is 5.55. The van der Waals surface area contributed by atoms with E-state index in [1.165, 1.54) is 23.8 Å². The van der Waals surface area contributed by atoms with Gasteiger partial charge in [-0.25, -0.2) is 0 Å². The zero-order valence-electron chi connectivity index (χ0n) is 16.1. The molecule has 1 heterocycles. The standard InChI is InChI=1S/C19H19ClN6O3S/c1-2-3-4-13-5-7-14(8-6-13)25-19(22-23-24-25)30-12-18(27)21-17-11-15(26(28)29)9-10-16(17)20/h5-11H,2-4,12H2,1H3,(H,21,27). The number of unbranched alkanes of at least 4 members (excludes halogenated alkanes) is 1. The molecule has 1 aromatic heterocycles. The number of amides is 1. The fourth-order valence-corrected chi connectivity index (χ4v) is 3.51. The number of carbonyl (C=O) groups excluding carboxylic acids is 1. The lowest BCUT2D eigenvalue weighted by atomic mass is 10.1. The Labute approximate surface area is 182 Å². The zero-order valence-corrected chi connectivity index (χ0v) is 17.7. The third-order valence-corrected chi connectivity index (χ3v) is 5.46. The highest BCUT2D eigenvalue weighted by Gasteiger charge is 2.15. The van der Waals surface area contributed by atoms with Crippen molar-refractivity contribution in [2.75, 3.05) is 11.1 Å². The molecule has 1 N–H and O–H groups in total. The maximum Gasteiger partial charge on any atom is 0.271 e. The van der Waals surface area contributed by atoms with E-state index < -0.39 is 4.92 Å². The minimum Gasteiger partial charge on any atom is -0.324 e. The van der Waals surface area contributed by atoms with E-state index in [9.17, 15) is 14.9 Å². The molecule has 0 aliphatic carbocycles. The summed E-state index contributed by atoms with van der Waals surface area (Å²) in [7, 11) is 0. The summed E-state index contributed by atoms with van der Waals surface area (Å²) in [5.74, 6) is -0.375. The van der Waals surface area contributed by atoms with Crippen LogP contribution in [0.1, 0.15) is 25.3 Å². The van der Waals surface area contributed by atoms with Gasteiger partial charge in [-0.05, 0) is 47.0 Å². The van der Waals surface area contributed by atoms with Crippen molar-refractivity contribution in [2.45, 2.75) is 31.3 Å². The molecule has 0 unspecified atom stereocenters. The molecule has 0 bridgehead atoms. The second-order valence-electron chi connectivity index (χ2n) is 6.40. The van der Waals surface area contributed by atoms with E-state index in [0.717, 1.165) is 36.7 Å². The predicted molar refractivity (Wildman–Crippen MR) is 115 cm³/mol. The quantitative estimate of drug-likeness (QED) is 0.296. The second kappa shape index (κ2) is 10.2. The van der Waals surface area contributed by atoms with E-state index in [1.807, 2.05) is 24.3 Å². The van der Waals surface area contributed by atoms with Crippen LogP contribution in [0.3, 0.4) is 0 Å². The first kappa shape index (κ1) is 21.7. The van der Waals surface area contributed by atoms with Gasteiger partial charge in [-0.2, -0.15) is 4.68 Å². The van der Waals surface area contributed by atoms with Crippen molar-refractivity contribution >= 4 is 40.6 Å². The molecule has 1 amide bonds. The summed E-state index contributed by atoms with van der Waals surface area (Å²) in [6.45, 7) is 2.15. The Morgan fingerprint density at radius 3 is 2.73 bits per heavy atom. The number of nitro groups is 1. The highest BCUT2D eigenvalue weighted by atomic mass is 35.5. The summed E-state index contributed by atoms with van der Waals surface area (Å²) in [6, 6.07) is 11.8. The molecule has 0 saturated carbocycles. The molecule has 30 heavy (non-hydrogen) atoms. The first-order valence-electron chi connectivity index (χ1n) is 9.22. The van der Waals surface area contributed by atoms with Crippen molar-refractivity contribution in [1.29, 1.82) is 0 Å². The Morgan fingerprint density at radius 2 is 2.03 bits per heavy atom. The van der Waals surface area contributed by atoms with E-state index in [0.29, 0.717) is 5.16 Å². The van der Waals surface area contributed by atoms with Crippen LogP contribution in [0.5, 0.6) is 0 Å². The van der Waals surface area contributed by atoms with Crippen molar-refractivity contribution in [3.63, 3.8) is 0 Å². The summed E-state index contributed by atoms with van der Waals surface area (Å²) in [5, 5.41) is 25.8. The van der Waals surface area contributed by atoms with Crippen LogP contribution in [0.2, 0.25) is 5.02 Å². The minimum absolute atomic E-state index is 0.00791. The summed E-state index contributed by atoms with van der Waals surface area (Å²) >= 11 is 7.16. The fourth-order valence-electron chi connectivity index (χ4n) is 2.65. The van der Waals surface area contributed by atoms with Gasteiger partial charge in [0.15, 0.2) is 0 Å². The van der Waals surface area contributed by atoms with Gasteiger partial charge in [-0.3, -0.25) is 14.9 Å². The number of nitrogens with zero attached hydrogens (tertiary/aromatic N) is 5. The summed E-state index contributed by atoms with van der Waals surface area (Å²) < 4.78 is 1.56. The van der Waals surface area contributed by atoms with E-state index in [4.69, 9.17) is 11.6 Å². The number of nitrogens with one attached hydrogen (secondary N) is 1. The number of anilines is 1. The Hall–Kier alpha value is -2.98. The first-order valence-corrected chi connectivity index (χ1v) is 10.6. The topological polar surface area (TPSA) is 116 Å². The molecule has 9 nitrogen and oxygen atoms in total. The number of halogens is 1. The van der Waals surface area contributed by atoms with Crippen LogP contribution in [0.25, 0.3) is 5.69 Å². The Kier molecular flexibility index (Phi) is 7.36. The van der Waals surface area contributed by atoms with E-state index >= 15 is 0 Å². The summed E-state index contributed by atoms with van der Waals surface area (Å²) in [6.07, 6.45) is 3.29. The van der Waals surface area contributed by atoms with Gasteiger partial charge in [0.25, 0.3) is 5.69 Å². The van der Waals surface area contributed by atoms with Gasteiger partial charge in [0.1, 0.15) is 0 Å². The van der Waals surface area contributed by atoms with Crippen LogP contribution in [0.4, 0.5) is 11.4 Å². The SMILES string of the molecule is CCCCc1ccc(-n2nnnc2SCC(=O)Nc2cc([N+](=O)[O-])ccc2Cl)cc1. The lowest BCUT2D eigenvalue weighted by Gasteiger charge is -2.08. The number of aromatic nitrogens is 4. The molecule has 11 heteroatoms. The van der Waals surface area contributed by atoms with Crippen molar-refractivity contribution in [2.24, 2.45) is 0 Å². The number of non-ortho nitro benzene ring substituents is 1. The molecular weight excluding hydrogens is 428 g/mol. The van der Waals surface area contributed by atoms with Gasteiger partial charge >= 0.3 is 0 Å². The van der Waals surface area contributed by atoms with Gasteiger partial charge in [0.2, 0.25) is 11.1 Å². The molecule has 0 atom stereocenters.